The maximum Gasteiger partial charge on any atom is 0.160 e. The minimum absolute atomic E-state index is 0.707. The van der Waals surface area contributed by atoms with Crippen molar-refractivity contribution in [3.8, 4) is 50.7 Å². The van der Waals surface area contributed by atoms with Gasteiger partial charge < -0.3 is 4.57 Å². The van der Waals surface area contributed by atoms with E-state index < -0.39 is 0 Å². The molecule has 8 rings (SSSR count). The van der Waals surface area contributed by atoms with E-state index in [9.17, 15) is 0 Å². The molecule has 3 aromatic heterocycles. The van der Waals surface area contributed by atoms with Gasteiger partial charge in [0, 0.05) is 45.5 Å². The number of aromatic nitrogens is 4. The molecule has 214 valence electrons. The molecule has 4 nitrogen and oxygen atoms in total. The third-order valence-electron chi connectivity index (χ3n) is 8.45. The average Bonchev–Trinajstić information content (AvgIpc) is 3.41. The highest BCUT2D eigenvalue weighted by molar-refractivity contribution is 6.09. The van der Waals surface area contributed by atoms with E-state index in [4.69, 9.17) is 9.97 Å². The maximum absolute atomic E-state index is 5.05. The lowest BCUT2D eigenvalue weighted by Gasteiger charge is -2.12. The first-order valence-electron chi connectivity index (χ1n) is 15.2. The van der Waals surface area contributed by atoms with Crippen molar-refractivity contribution in [2.75, 3.05) is 0 Å². The summed E-state index contributed by atoms with van der Waals surface area (Å²) in [5.74, 6) is 0.707. The molecule has 0 atom stereocenters. The number of hydrogen-bond donors (Lipinski definition) is 0. The summed E-state index contributed by atoms with van der Waals surface area (Å²) in [6.45, 7) is 4.31. The van der Waals surface area contributed by atoms with Crippen LogP contribution in [0.15, 0.2) is 146 Å². The molecule has 0 aliphatic carbocycles. The van der Waals surface area contributed by atoms with Crippen molar-refractivity contribution >= 4 is 21.8 Å². The summed E-state index contributed by atoms with van der Waals surface area (Å²) in [6.07, 6.45) is 3.64. The van der Waals surface area contributed by atoms with Crippen LogP contribution in [0.4, 0.5) is 0 Å². The van der Waals surface area contributed by atoms with Gasteiger partial charge in [-0.05, 0) is 79.6 Å². The Bertz CT molecular complexity index is 2240. The summed E-state index contributed by atoms with van der Waals surface area (Å²) in [6, 6.07) is 47.0. The van der Waals surface area contributed by atoms with Crippen molar-refractivity contribution in [2.45, 2.75) is 13.8 Å². The number of rotatable bonds is 5. The first-order chi connectivity index (χ1) is 22.1. The third kappa shape index (κ3) is 4.96. The molecule has 0 unspecified atom stereocenters. The quantitative estimate of drug-likeness (QED) is 0.204. The molecule has 0 aliphatic heterocycles. The van der Waals surface area contributed by atoms with Gasteiger partial charge in [-0.2, -0.15) is 0 Å². The number of benzene rings is 5. The Morgan fingerprint density at radius 3 is 1.53 bits per heavy atom. The Morgan fingerprint density at radius 1 is 0.444 bits per heavy atom. The van der Waals surface area contributed by atoms with Crippen LogP contribution in [-0.4, -0.2) is 19.5 Å². The second-order valence-electron chi connectivity index (χ2n) is 11.6. The van der Waals surface area contributed by atoms with Gasteiger partial charge in [-0.1, -0.05) is 90.0 Å². The average molecular weight is 579 g/mol. The van der Waals surface area contributed by atoms with E-state index in [0.29, 0.717) is 5.82 Å². The van der Waals surface area contributed by atoms with Gasteiger partial charge in [-0.3, -0.25) is 4.98 Å². The molecule has 0 saturated heterocycles. The van der Waals surface area contributed by atoms with Crippen LogP contribution in [0.2, 0.25) is 0 Å². The van der Waals surface area contributed by atoms with E-state index in [2.05, 4.69) is 127 Å². The normalized spacial score (nSPS) is 11.3. The fourth-order valence-corrected chi connectivity index (χ4v) is 6.15. The second-order valence-corrected chi connectivity index (χ2v) is 11.6. The first kappa shape index (κ1) is 26.7. The molecule has 45 heavy (non-hydrogen) atoms. The number of pyridine rings is 1. The molecular weight excluding hydrogens is 548 g/mol. The van der Waals surface area contributed by atoms with Crippen LogP contribution in [0.3, 0.4) is 0 Å². The monoisotopic (exact) mass is 578 g/mol. The number of hydrogen-bond acceptors (Lipinski definition) is 3. The van der Waals surface area contributed by atoms with Crippen molar-refractivity contribution in [3.63, 3.8) is 0 Å². The topological polar surface area (TPSA) is 43.6 Å². The van der Waals surface area contributed by atoms with E-state index in [1.807, 2.05) is 42.7 Å². The Morgan fingerprint density at radius 2 is 0.956 bits per heavy atom. The molecule has 0 amide bonds. The Kier molecular flexibility index (Phi) is 6.54. The van der Waals surface area contributed by atoms with Gasteiger partial charge in [-0.25, -0.2) is 9.97 Å². The van der Waals surface area contributed by atoms with Gasteiger partial charge in [-0.15, -0.1) is 0 Å². The molecule has 0 radical (unpaired) electrons. The zero-order valence-electron chi connectivity index (χ0n) is 25.1. The summed E-state index contributed by atoms with van der Waals surface area (Å²) in [4.78, 5) is 14.2. The summed E-state index contributed by atoms with van der Waals surface area (Å²) in [5, 5.41) is 2.56. The molecule has 3 heterocycles. The lowest BCUT2D eigenvalue weighted by molar-refractivity contribution is 1.17. The fourth-order valence-electron chi connectivity index (χ4n) is 6.15. The van der Waals surface area contributed by atoms with E-state index in [0.717, 1.165) is 44.9 Å². The van der Waals surface area contributed by atoms with E-state index in [-0.39, 0.29) is 0 Å². The van der Waals surface area contributed by atoms with Crippen molar-refractivity contribution in [3.05, 3.63) is 157 Å². The molecule has 5 aromatic carbocycles. The number of fused-ring (bicyclic) bond motifs is 3. The van der Waals surface area contributed by atoms with Crippen molar-refractivity contribution < 1.29 is 0 Å². The van der Waals surface area contributed by atoms with Crippen molar-refractivity contribution in [2.24, 2.45) is 0 Å². The molecule has 0 bridgehead atoms. The molecular formula is C41H30N4. The van der Waals surface area contributed by atoms with E-state index in [1.54, 1.807) is 0 Å². The van der Waals surface area contributed by atoms with Gasteiger partial charge in [0.15, 0.2) is 5.82 Å². The largest absolute Gasteiger partial charge is 0.309 e. The Balaban J connectivity index is 1.22. The number of aryl methyl sites for hydroxylation is 2. The van der Waals surface area contributed by atoms with Crippen LogP contribution in [0.1, 0.15) is 11.1 Å². The van der Waals surface area contributed by atoms with Crippen LogP contribution in [0, 0.1) is 13.8 Å². The minimum Gasteiger partial charge on any atom is -0.309 e. The zero-order valence-corrected chi connectivity index (χ0v) is 25.1. The smallest absolute Gasteiger partial charge is 0.160 e. The van der Waals surface area contributed by atoms with E-state index >= 15 is 0 Å². The molecule has 0 N–H and O–H groups in total. The number of nitrogens with zero attached hydrogens (tertiary/aromatic N) is 4. The standard InChI is InChI=1S/C41H30N4/c1-27-8-18-39-35(24-27)36-25-28(2)9-19-40(36)45(39)34-16-14-32(15-17-34)38-26-37(43-41(44-38)33-6-4-3-5-7-33)31-12-10-29(11-13-31)30-20-22-42-23-21-30/h3-26H,1-2H3. The predicted octanol–water partition coefficient (Wildman–Crippen LogP) is 10.3. The van der Waals surface area contributed by atoms with Crippen LogP contribution in [0.5, 0.6) is 0 Å². The Hall–Kier alpha value is -5.87. The third-order valence-corrected chi connectivity index (χ3v) is 8.45. The van der Waals surface area contributed by atoms with Crippen molar-refractivity contribution in [1.82, 2.24) is 19.5 Å². The maximum atomic E-state index is 5.05. The van der Waals surface area contributed by atoms with Crippen LogP contribution in [0.25, 0.3) is 72.5 Å². The van der Waals surface area contributed by atoms with Gasteiger partial charge in [0.05, 0.1) is 22.4 Å². The summed E-state index contributed by atoms with van der Waals surface area (Å²) in [7, 11) is 0. The summed E-state index contributed by atoms with van der Waals surface area (Å²) in [5.41, 5.74) is 13.2. The van der Waals surface area contributed by atoms with E-state index in [1.165, 1.54) is 32.9 Å². The fraction of sp³-hybridized carbons (Fsp3) is 0.0488. The van der Waals surface area contributed by atoms with Crippen molar-refractivity contribution in [1.29, 1.82) is 0 Å². The lowest BCUT2D eigenvalue weighted by atomic mass is 10.0. The van der Waals surface area contributed by atoms with Crippen LogP contribution >= 0.6 is 0 Å². The Labute approximate surface area is 262 Å². The zero-order chi connectivity index (χ0) is 30.3. The predicted molar refractivity (Wildman–Crippen MR) is 185 cm³/mol. The highest BCUT2D eigenvalue weighted by Gasteiger charge is 2.15. The lowest BCUT2D eigenvalue weighted by Crippen LogP contribution is -1.97. The SMILES string of the molecule is Cc1ccc2c(c1)c1cc(C)ccc1n2-c1ccc(-c2cc(-c3ccc(-c4ccncc4)cc3)nc(-c3ccccc3)n2)cc1. The molecule has 0 aliphatic rings. The molecule has 4 heteroatoms. The molecule has 0 spiro atoms. The summed E-state index contributed by atoms with van der Waals surface area (Å²) < 4.78 is 2.36. The molecule has 0 fully saturated rings. The van der Waals surface area contributed by atoms with Crippen LogP contribution in [-0.2, 0) is 0 Å². The van der Waals surface area contributed by atoms with Gasteiger partial charge in [0.25, 0.3) is 0 Å². The minimum atomic E-state index is 0.707. The highest BCUT2D eigenvalue weighted by Crippen LogP contribution is 2.35. The van der Waals surface area contributed by atoms with Gasteiger partial charge in [0.1, 0.15) is 0 Å². The molecule has 8 aromatic rings. The van der Waals surface area contributed by atoms with Gasteiger partial charge >= 0.3 is 0 Å². The summed E-state index contributed by atoms with van der Waals surface area (Å²) >= 11 is 0. The molecule has 0 saturated carbocycles. The second kappa shape index (κ2) is 11.0. The first-order valence-corrected chi connectivity index (χ1v) is 15.2. The van der Waals surface area contributed by atoms with Crippen LogP contribution < -0.4 is 0 Å². The van der Waals surface area contributed by atoms with Gasteiger partial charge in [0.2, 0.25) is 0 Å². The highest BCUT2D eigenvalue weighted by atomic mass is 15.0.